The molecule has 0 fully saturated rings. The fraction of sp³-hybridized carbons (Fsp3) is 0.261. The first-order valence-corrected chi connectivity index (χ1v) is 10.9. The number of carbonyl (C=O) groups is 1. The molecule has 1 amide bonds. The number of anilines is 3. The van der Waals surface area contributed by atoms with Crippen LogP contribution in [0.3, 0.4) is 0 Å². The van der Waals surface area contributed by atoms with Gasteiger partial charge < -0.3 is 15.5 Å². The molecule has 0 bridgehead atoms. The summed E-state index contributed by atoms with van der Waals surface area (Å²) in [6.07, 6.45) is 6.36. The predicted octanol–water partition coefficient (Wildman–Crippen LogP) is 5.83. The second-order valence-electron chi connectivity index (χ2n) is 7.52. The van der Waals surface area contributed by atoms with Gasteiger partial charge in [0.05, 0.1) is 21.2 Å². The van der Waals surface area contributed by atoms with Crippen molar-refractivity contribution in [3.05, 3.63) is 64.2 Å². The smallest absolute Gasteiger partial charge is 0.248 e. The lowest BCUT2D eigenvalue weighted by molar-refractivity contribution is -0.111. The Morgan fingerprint density at radius 1 is 1.12 bits per heavy atom. The summed E-state index contributed by atoms with van der Waals surface area (Å²) in [5.74, 6) is -0.409. The van der Waals surface area contributed by atoms with Gasteiger partial charge in [-0.3, -0.25) is 4.79 Å². The topological polar surface area (TPSA) is 70.1 Å². The normalized spacial score (nSPS) is 11.5. The minimum absolute atomic E-state index is 0.124. The number of amides is 1. The zero-order valence-corrected chi connectivity index (χ0v) is 19.6. The van der Waals surface area contributed by atoms with Gasteiger partial charge in [0.2, 0.25) is 5.91 Å². The molecule has 0 spiro atoms. The zero-order chi connectivity index (χ0) is 23.3. The Morgan fingerprint density at radius 2 is 1.88 bits per heavy atom. The highest BCUT2D eigenvalue weighted by Crippen LogP contribution is 2.33. The van der Waals surface area contributed by atoms with Gasteiger partial charge >= 0.3 is 0 Å². The van der Waals surface area contributed by atoms with E-state index in [1.807, 2.05) is 25.1 Å². The molecule has 0 unspecified atom stereocenters. The maximum Gasteiger partial charge on any atom is 0.248 e. The van der Waals surface area contributed by atoms with Gasteiger partial charge in [0, 0.05) is 23.7 Å². The summed E-state index contributed by atoms with van der Waals surface area (Å²) in [7, 11) is 3.85. The Hall–Kier alpha value is -2.74. The van der Waals surface area contributed by atoms with Crippen molar-refractivity contribution in [3.8, 4) is 0 Å². The summed E-state index contributed by atoms with van der Waals surface area (Å²) in [4.78, 5) is 23.0. The van der Waals surface area contributed by atoms with E-state index in [1.165, 1.54) is 18.5 Å². The summed E-state index contributed by atoms with van der Waals surface area (Å²) in [6.45, 7) is 2.72. The van der Waals surface area contributed by atoms with Crippen molar-refractivity contribution in [3.63, 3.8) is 0 Å². The molecule has 1 aromatic heterocycles. The third-order valence-corrected chi connectivity index (χ3v) is 5.36. The predicted molar refractivity (Wildman–Crippen MR) is 130 cm³/mol. The largest absolute Gasteiger partial charge is 0.337 e. The van der Waals surface area contributed by atoms with Gasteiger partial charge in [-0.15, -0.1) is 0 Å². The van der Waals surface area contributed by atoms with Gasteiger partial charge in [-0.25, -0.2) is 14.4 Å². The van der Waals surface area contributed by atoms with Crippen molar-refractivity contribution in [2.24, 2.45) is 0 Å². The van der Waals surface area contributed by atoms with Crippen LogP contribution in [0.1, 0.15) is 18.9 Å². The zero-order valence-electron chi connectivity index (χ0n) is 18.0. The maximum absolute atomic E-state index is 14.4. The molecule has 168 valence electrons. The maximum atomic E-state index is 14.4. The molecular formula is C23H24Cl2FN5O. The van der Waals surface area contributed by atoms with Crippen molar-refractivity contribution in [1.29, 1.82) is 0 Å². The molecule has 0 atom stereocenters. The van der Waals surface area contributed by atoms with Gasteiger partial charge in [-0.2, -0.15) is 0 Å². The van der Waals surface area contributed by atoms with Crippen molar-refractivity contribution in [2.75, 3.05) is 31.3 Å². The van der Waals surface area contributed by atoms with Gasteiger partial charge in [-0.05, 0) is 50.3 Å². The Labute approximate surface area is 196 Å². The third kappa shape index (κ3) is 5.94. The molecule has 9 heteroatoms. The van der Waals surface area contributed by atoms with Crippen molar-refractivity contribution >= 4 is 57.2 Å². The SMILES string of the molecule is CCCc1cc2ncnc(Nc3cc(Cl)c(Cl)cc3F)c2cc1NC(=O)/C=C/CN(C)C. The number of likely N-dealkylation sites (N-methyl/N-ethyl adjacent to an activating group) is 1. The standard InChI is InChI=1S/C23H24Cl2FN5O/c1-4-6-14-9-20-15(10-19(14)29-22(32)7-5-8-31(2)3)23(28-13-27-20)30-21-12-17(25)16(24)11-18(21)26/h5,7,9-13H,4,6,8H2,1-3H3,(H,29,32)(H,27,28,30)/b7-5+. The van der Waals surface area contributed by atoms with Crippen LogP contribution in [0, 0.1) is 5.82 Å². The molecule has 0 aliphatic carbocycles. The van der Waals surface area contributed by atoms with Crippen LogP contribution in [0.4, 0.5) is 21.6 Å². The quantitative estimate of drug-likeness (QED) is 0.316. The fourth-order valence-electron chi connectivity index (χ4n) is 3.13. The van der Waals surface area contributed by atoms with E-state index in [2.05, 4.69) is 27.5 Å². The molecule has 32 heavy (non-hydrogen) atoms. The lowest BCUT2D eigenvalue weighted by Gasteiger charge is -2.14. The summed E-state index contributed by atoms with van der Waals surface area (Å²) in [5.41, 5.74) is 2.42. The Bertz CT molecular complexity index is 1170. The Morgan fingerprint density at radius 3 is 2.59 bits per heavy atom. The summed E-state index contributed by atoms with van der Waals surface area (Å²) in [6, 6.07) is 6.25. The first kappa shape index (κ1) is 23.9. The number of fused-ring (bicyclic) bond motifs is 1. The minimum Gasteiger partial charge on any atom is -0.337 e. The molecule has 0 saturated carbocycles. The van der Waals surface area contributed by atoms with Crippen LogP contribution < -0.4 is 10.6 Å². The average molecular weight is 476 g/mol. The molecule has 3 rings (SSSR count). The number of rotatable bonds is 8. The van der Waals surface area contributed by atoms with E-state index < -0.39 is 5.82 Å². The number of nitrogens with one attached hydrogen (secondary N) is 2. The fourth-order valence-corrected chi connectivity index (χ4v) is 3.44. The average Bonchev–Trinajstić information content (AvgIpc) is 2.72. The van der Waals surface area contributed by atoms with Crippen molar-refractivity contribution < 1.29 is 9.18 Å². The molecule has 0 saturated heterocycles. The van der Waals surface area contributed by atoms with Crippen molar-refractivity contribution in [2.45, 2.75) is 19.8 Å². The first-order chi connectivity index (χ1) is 15.3. The molecule has 0 aliphatic rings. The van der Waals surface area contributed by atoms with E-state index in [1.54, 1.807) is 12.1 Å². The van der Waals surface area contributed by atoms with Gasteiger partial charge in [0.15, 0.2) is 0 Å². The van der Waals surface area contributed by atoms with Crippen LogP contribution in [0.2, 0.25) is 10.0 Å². The molecule has 2 N–H and O–H groups in total. The second-order valence-corrected chi connectivity index (χ2v) is 8.34. The second kappa shape index (κ2) is 10.7. The van der Waals surface area contributed by atoms with Crippen molar-refractivity contribution in [1.82, 2.24) is 14.9 Å². The highest BCUT2D eigenvalue weighted by atomic mass is 35.5. The van der Waals surface area contributed by atoms with Gasteiger partial charge in [-0.1, -0.05) is 42.6 Å². The number of hydrogen-bond donors (Lipinski definition) is 2. The van der Waals surface area contributed by atoms with Crippen LogP contribution in [0.15, 0.2) is 42.7 Å². The highest BCUT2D eigenvalue weighted by Gasteiger charge is 2.14. The van der Waals surface area contributed by atoms with E-state index in [0.717, 1.165) is 24.5 Å². The van der Waals surface area contributed by atoms with Crippen LogP contribution in [-0.4, -0.2) is 41.4 Å². The summed E-state index contributed by atoms with van der Waals surface area (Å²) < 4.78 is 14.4. The van der Waals surface area contributed by atoms with E-state index >= 15 is 0 Å². The summed E-state index contributed by atoms with van der Waals surface area (Å²) >= 11 is 11.9. The van der Waals surface area contributed by atoms with Crippen LogP contribution >= 0.6 is 23.2 Å². The molecule has 1 heterocycles. The van der Waals surface area contributed by atoms with E-state index in [4.69, 9.17) is 23.2 Å². The number of aryl methyl sites for hydroxylation is 1. The van der Waals surface area contributed by atoms with E-state index in [-0.39, 0.29) is 21.6 Å². The number of nitrogens with zero attached hydrogens (tertiary/aromatic N) is 3. The molecule has 0 radical (unpaired) electrons. The lowest BCUT2D eigenvalue weighted by atomic mass is 10.0. The molecule has 2 aromatic carbocycles. The number of halogens is 3. The molecule has 0 aliphatic heterocycles. The third-order valence-electron chi connectivity index (χ3n) is 4.64. The number of benzene rings is 2. The summed E-state index contributed by atoms with van der Waals surface area (Å²) in [5, 5.41) is 6.87. The van der Waals surface area contributed by atoms with E-state index in [9.17, 15) is 9.18 Å². The number of hydrogen-bond acceptors (Lipinski definition) is 5. The lowest BCUT2D eigenvalue weighted by Crippen LogP contribution is -2.13. The van der Waals surface area contributed by atoms with Gasteiger partial charge in [0.1, 0.15) is 18.0 Å². The highest BCUT2D eigenvalue weighted by molar-refractivity contribution is 6.42. The van der Waals surface area contributed by atoms with Crippen LogP contribution in [-0.2, 0) is 11.2 Å². The van der Waals surface area contributed by atoms with E-state index in [0.29, 0.717) is 29.0 Å². The Balaban J connectivity index is 1.99. The van der Waals surface area contributed by atoms with Crippen LogP contribution in [0.25, 0.3) is 10.9 Å². The minimum atomic E-state index is -0.562. The number of aromatic nitrogens is 2. The monoisotopic (exact) mass is 475 g/mol. The van der Waals surface area contributed by atoms with Gasteiger partial charge in [0.25, 0.3) is 0 Å². The molecular weight excluding hydrogens is 452 g/mol. The first-order valence-electron chi connectivity index (χ1n) is 10.1. The molecule has 3 aromatic rings. The Kier molecular flexibility index (Phi) is 8.01. The molecule has 6 nitrogen and oxygen atoms in total. The number of carbonyl (C=O) groups excluding carboxylic acids is 1. The van der Waals surface area contributed by atoms with Crippen LogP contribution in [0.5, 0.6) is 0 Å².